The fourth-order valence-corrected chi connectivity index (χ4v) is 1.88. The summed E-state index contributed by atoms with van der Waals surface area (Å²) in [4.78, 5) is 4.53. The van der Waals surface area contributed by atoms with Gasteiger partial charge in [-0.05, 0) is 26.7 Å². The van der Waals surface area contributed by atoms with Gasteiger partial charge in [0.1, 0.15) is 0 Å². The van der Waals surface area contributed by atoms with Crippen LogP contribution in [-0.4, -0.2) is 15.6 Å². The van der Waals surface area contributed by atoms with Crippen molar-refractivity contribution in [2.75, 3.05) is 5.32 Å². The van der Waals surface area contributed by atoms with Crippen LogP contribution in [0.3, 0.4) is 0 Å². The lowest BCUT2D eigenvalue weighted by molar-refractivity contribution is 0.623. The summed E-state index contributed by atoms with van der Waals surface area (Å²) in [6.07, 6.45) is 7.02. The third-order valence-corrected chi connectivity index (χ3v) is 2.73. The molecule has 1 rings (SSSR count). The maximum atomic E-state index is 4.53. The Hall–Kier alpha value is -0.990. The summed E-state index contributed by atoms with van der Waals surface area (Å²) in [7, 11) is 0. The second kappa shape index (κ2) is 6.56. The summed E-state index contributed by atoms with van der Waals surface area (Å²) in [6, 6.07) is 0.511. The average Bonchev–Trinajstić information content (AvgIpc) is 2.56. The van der Waals surface area contributed by atoms with Crippen molar-refractivity contribution in [3.05, 3.63) is 11.9 Å². The first-order chi connectivity index (χ1) is 7.67. The van der Waals surface area contributed by atoms with Gasteiger partial charge in [-0.1, -0.05) is 26.7 Å². The average molecular weight is 223 g/mol. The lowest BCUT2D eigenvalue weighted by atomic mass is 10.1. The normalized spacial score (nSPS) is 12.8. The van der Waals surface area contributed by atoms with Crippen LogP contribution in [0.2, 0.25) is 0 Å². The van der Waals surface area contributed by atoms with E-state index < -0.39 is 0 Å². The first-order valence-corrected chi connectivity index (χ1v) is 6.47. The molecule has 0 radical (unpaired) electrons. The predicted molar refractivity (Wildman–Crippen MR) is 69.9 cm³/mol. The number of nitrogens with zero attached hydrogens (tertiary/aromatic N) is 2. The second-order valence-corrected chi connectivity index (χ2v) is 4.59. The van der Waals surface area contributed by atoms with Gasteiger partial charge in [0, 0.05) is 18.8 Å². The zero-order chi connectivity index (χ0) is 12.0. The van der Waals surface area contributed by atoms with Gasteiger partial charge >= 0.3 is 0 Å². The first-order valence-electron chi connectivity index (χ1n) is 6.47. The SMILES string of the molecule is CCCCC(C)Nc1nc(C)cn1CCC. The van der Waals surface area contributed by atoms with E-state index in [4.69, 9.17) is 0 Å². The summed E-state index contributed by atoms with van der Waals surface area (Å²) >= 11 is 0. The number of unbranched alkanes of at least 4 members (excludes halogenated alkanes) is 1. The number of nitrogens with one attached hydrogen (secondary N) is 1. The minimum Gasteiger partial charge on any atom is -0.353 e. The van der Waals surface area contributed by atoms with Crippen molar-refractivity contribution in [2.45, 2.75) is 66.0 Å². The third kappa shape index (κ3) is 3.87. The molecule has 0 saturated carbocycles. The molecule has 0 spiro atoms. The van der Waals surface area contributed by atoms with Gasteiger partial charge in [0.15, 0.2) is 0 Å². The van der Waals surface area contributed by atoms with Crippen LogP contribution < -0.4 is 5.32 Å². The standard InChI is InChI=1S/C13H25N3/c1-5-7-8-11(3)14-13-15-12(4)10-16(13)9-6-2/h10-11H,5-9H2,1-4H3,(H,14,15). The molecule has 92 valence electrons. The summed E-state index contributed by atoms with van der Waals surface area (Å²) in [5.74, 6) is 1.03. The minimum absolute atomic E-state index is 0.511. The zero-order valence-corrected chi connectivity index (χ0v) is 11.1. The molecule has 0 bridgehead atoms. The molecule has 3 heteroatoms. The van der Waals surface area contributed by atoms with Crippen molar-refractivity contribution in [3.63, 3.8) is 0 Å². The number of hydrogen-bond donors (Lipinski definition) is 1. The molecule has 1 aromatic rings. The first kappa shape index (κ1) is 13.1. The molecule has 0 fully saturated rings. The lowest BCUT2D eigenvalue weighted by Gasteiger charge is -2.15. The fraction of sp³-hybridized carbons (Fsp3) is 0.769. The summed E-state index contributed by atoms with van der Waals surface area (Å²) in [6.45, 7) is 9.75. The largest absolute Gasteiger partial charge is 0.353 e. The fourth-order valence-electron chi connectivity index (χ4n) is 1.88. The quantitative estimate of drug-likeness (QED) is 0.765. The van der Waals surface area contributed by atoms with Gasteiger partial charge < -0.3 is 9.88 Å². The Kier molecular flexibility index (Phi) is 5.36. The highest BCUT2D eigenvalue weighted by Gasteiger charge is 2.07. The molecule has 16 heavy (non-hydrogen) atoms. The van der Waals surface area contributed by atoms with E-state index in [1.807, 2.05) is 6.92 Å². The third-order valence-electron chi connectivity index (χ3n) is 2.73. The molecule has 1 N–H and O–H groups in total. The Morgan fingerprint density at radius 1 is 1.38 bits per heavy atom. The molecule has 0 aliphatic rings. The van der Waals surface area contributed by atoms with E-state index in [9.17, 15) is 0 Å². The lowest BCUT2D eigenvalue weighted by Crippen LogP contribution is -2.18. The number of imidazole rings is 1. The van der Waals surface area contributed by atoms with Crippen LogP contribution in [-0.2, 0) is 6.54 Å². The van der Waals surface area contributed by atoms with E-state index in [0.29, 0.717) is 6.04 Å². The molecular weight excluding hydrogens is 198 g/mol. The van der Waals surface area contributed by atoms with Crippen molar-refractivity contribution in [2.24, 2.45) is 0 Å². The number of rotatable bonds is 7. The minimum atomic E-state index is 0.511. The van der Waals surface area contributed by atoms with Gasteiger partial charge in [-0.15, -0.1) is 0 Å². The van der Waals surface area contributed by atoms with Crippen molar-refractivity contribution in [1.82, 2.24) is 9.55 Å². The van der Waals surface area contributed by atoms with Crippen molar-refractivity contribution in [3.8, 4) is 0 Å². The number of hydrogen-bond acceptors (Lipinski definition) is 2. The predicted octanol–water partition coefficient (Wildman–Crippen LogP) is 3.59. The Morgan fingerprint density at radius 3 is 2.75 bits per heavy atom. The van der Waals surface area contributed by atoms with Gasteiger partial charge in [-0.2, -0.15) is 0 Å². The van der Waals surface area contributed by atoms with Crippen molar-refractivity contribution < 1.29 is 0 Å². The maximum absolute atomic E-state index is 4.53. The second-order valence-electron chi connectivity index (χ2n) is 4.59. The smallest absolute Gasteiger partial charge is 0.203 e. The van der Waals surface area contributed by atoms with Crippen LogP contribution in [0.15, 0.2) is 6.20 Å². The van der Waals surface area contributed by atoms with Gasteiger partial charge in [0.2, 0.25) is 5.95 Å². The van der Waals surface area contributed by atoms with Crippen LogP contribution in [0.4, 0.5) is 5.95 Å². The molecule has 0 amide bonds. The molecule has 3 nitrogen and oxygen atoms in total. The topological polar surface area (TPSA) is 29.9 Å². The summed E-state index contributed by atoms with van der Waals surface area (Å²) in [5.41, 5.74) is 1.10. The van der Waals surface area contributed by atoms with Crippen molar-refractivity contribution >= 4 is 5.95 Å². The molecular formula is C13H25N3. The molecule has 0 aliphatic heterocycles. The Labute approximate surface area is 99.3 Å². The Morgan fingerprint density at radius 2 is 2.12 bits per heavy atom. The van der Waals surface area contributed by atoms with Crippen molar-refractivity contribution in [1.29, 1.82) is 0 Å². The van der Waals surface area contributed by atoms with E-state index >= 15 is 0 Å². The molecule has 0 aromatic carbocycles. The maximum Gasteiger partial charge on any atom is 0.203 e. The van der Waals surface area contributed by atoms with E-state index in [1.54, 1.807) is 0 Å². The van der Waals surface area contributed by atoms with Crippen LogP contribution in [0.25, 0.3) is 0 Å². The Bertz CT molecular complexity index is 304. The highest BCUT2D eigenvalue weighted by molar-refractivity contribution is 5.29. The molecule has 0 saturated heterocycles. The van der Waals surface area contributed by atoms with Gasteiger partial charge in [-0.25, -0.2) is 4.98 Å². The molecule has 0 aliphatic carbocycles. The van der Waals surface area contributed by atoms with Gasteiger partial charge in [-0.3, -0.25) is 0 Å². The van der Waals surface area contributed by atoms with Crippen LogP contribution in [0.5, 0.6) is 0 Å². The van der Waals surface area contributed by atoms with Gasteiger partial charge in [0.05, 0.1) is 5.69 Å². The molecule has 1 aromatic heterocycles. The van der Waals surface area contributed by atoms with Crippen LogP contribution in [0.1, 0.15) is 52.1 Å². The van der Waals surface area contributed by atoms with E-state index in [1.165, 1.54) is 19.3 Å². The Balaban J connectivity index is 2.57. The van der Waals surface area contributed by atoms with Crippen LogP contribution in [0, 0.1) is 6.92 Å². The monoisotopic (exact) mass is 223 g/mol. The summed E-state index contributed by atoms with van der Waals surface area (Å²) in [5, 5.41) is 3.50. The van der Waals surface area contributed by atoms with E-state index in [0.717, 1.165) is 24.6 Å². The molecule has 1 atom stereocenters. The summed E-state index contributed by atoms with van der Waals surface area (Å²) < 4.78 is 2.22. The number of anilines is 1. The highest BCUT2D eigenvalue weighted by atomic mass is 15.2. The molecule has 1 heterocycles. The number of aryl methyl sites for hydroxylation is 2. The molecule has 1 unspecified atom stereocenters. The number of aromatic nitrogens is 2. The zero-order valence-electron chi connectivity index (χ0n) is 11.1. The highest BCUT2D eigenvalue weighted by Crippen LogP contribution is 2.12. The van der Waals surface area contributed by atoms with E-state index in [2.05, 4.69) is 41.8 Å². The van der Waals surface area contributed by atoms with Crippen LogP contribution >= 0.6 is 0 Å². The van der Waals surface area contributed by atoms with E-state index in [-0.39, 0.29) is 0 Å². The van der Waals surface area contributed by atoms with Gasteiger partial charge in [0.25, 0.3) is 0 Å².